The van der Waals surface area contributed by atoms with Crippen molar-refractivity contribution in [1.82, 2.24) is 9.97 Å². The number of anilines is 2. The molecule has 1 atom stereocenters. The normalized spacial score (nSPS) is 18.1. The van der Waals surface area contributed by atoms with Crippen LogP contribution in [-0.4, -0.2) is 42.6 Å². The molecule has 1 saturated heterocycles. The molecule has 0 spiro atoms. The summed E-state index contributed by atoms with van der Waals surface area (Å²) in [5.41, 5.74) is 5.36. The van der Waals surface area contributed by atoms with Gasteiger partial charge >= 0.3 is 0 Å². The number of primary amides is 1. The van der Waals surface area contributed by atoms with Gasteiger partial charge in [-0.3, -0.25) is 4.79 Å². The lowest BCUT2D eigenvalue weighted by Crippen LogP contribution is -2.28. The molecule has 0 radical (unpaired) electrons. The van der Waals surface area contributed by atoms with Gasteiger partial charge in [0.15, 0.2) is 11.6 Å². The summed E-state index contributed by atoms with van der Waals surface area (Å²) in [5, 5.41) is 3.22. The molecule has 0 saturated carbocycles. The van der Waals surface area contributed by atoms with Crippen molar-refractivity contribution in [2.45, 2.75) is 19.8 Å². The largest absolute Gasteiger partial charge is 0.490 e. The Labute approximate surface area is 118 Å². The first-order chi connectivity index (χ1) is 9.67. The van der Waals surface area contributed by atoms with Crippen molar-refractivity contribution in [3.63, 3.8) is 0 Å². The predicted octanol–water partition coefficient (Wildman–Crippen LogP) is 0.619. The van der Waals surface area contributed by atoms with Crippen molar-refractivity contribution >= 4 is 17.5 Å². The van der Waals surface area contributed by atoms with Gasteiger partial charge in [-0.25, -0.2) is 9.97 Å². The van der Waals surface area contributed by atoms with Crippen molar-refractivity contribution in [3.8, 4) is 5.75 Å². The average Bonchev–Trinajstić information content (AvgIpc) is 2.94. The Balaban J connectivity index is 2.21. The number of amides is 1. The first-order valence-electron chi connectivity index (χ1n) is 6.84. The van der Waals surface area contributed by atoms with Crippen LogP contribution in [0.15, 0.2) is 6.33 Å². The molecule has 7 heteroatoms. The van der Waals surface area contributed by atoms with Gasteiger partial charge in [0.25, 0.3) is 0 Å². The van der Waals surface area contributed by atoms with E-state index in [0.717, 1.165) is 25.9 Å². The van der Waals surface area contributed by atoms with Crippen molar-refractivity contribution in [2.24, 2.45) is 11.7 Å². The van der Waals surface area contributed by atoms with Gasteiger partial charge in [0, 0.05) is 19.6 Å². The van der Waals surface area contributed by atoms with Crippen LogP contribution in [0, 0.1) is 5.92 Å². The first-order valence-corrected chi connectivity index (χ1v) is 6.84. The molecular weight excluding hydrogens is 258 g/mol. The SMILES string of the molecule is CCCNc1ncnc(N2CCC(C(N)=O)C2)c1OC. The molecule has 0 bridgehead atoms. The molecule has 0 aliphatic carbocycles. The summed E-state index contributed by atoms with van der Waals surface area (Å²) in [6, 6.07) is 0. The van der Waals surface area contributed by atoms with Crippen LogP contribution in [0.4, 0.5) is 11.6 Å². The average molecular weight is 279 g/mol. The van der Waals surface area contributed by atoms with E-state index in [1.165, 1.54) is 6.33 Å². The van der Waals surface area contributed by atoms with Crippen molar-refractivity contribution < 1.29 is 9.53 Å². The Morgan fingerprint density at radius 2 is 2.40 bits per heavy atom. The first kappa shape index (κ1) is 14.4. The lowest BCUT2D eigenvalue weighted by Gasteiger charge is -2.21. The maximum Gasteiger partial charge on any atom is 0.222 e. The van der Waals surface area contributed by atoms with Gasteiger partial charge in [-0.15, -0.1) is 0 Å². The minimum absolute atomic E-state index is 0.123. The Bertz CT molecular complexity index is 480. The number of methoxy groups -OCH3 is 1. The summed E-state index contributed by atoms with van der Waals surface area (Å²) in [4.78, 5) is 21.8. The summed E-state index contributed by atoms with van der Waals surface area (Å²) in [6.07, 6.45) is 3.25. The number of carbonyl (C=O) groups excluding carboxylic acids is 1. The van der Waals surface area contributed by atoms with Gasteiger partial charge in [0.1, 0.15) is 6.33 Å². The molecule has 110 valence electrons. The van der Waals surface area contributed by atoms with E-state index < -0.39 is 0 Å². The van der Waals surface area contributed by atoms with Gasteiger partial charge < -0.3 is 20.7 Å². The molecule has 1 aliphatic rings. The fourth-order valence-electron chi connectivity index (χ4n) is 2.33. The van der Waals surface area contributed by atoms with E-state index in [4.69, 9.17) is 10.5 Å². The topological polar surface area (TPSA) is 93.4 Å². The Kier molecular flexibility index (Phi) is 4.60. The zero-order valence-electron chi connectivity index (χ0n) is 11.9. The smallest absolute Gasteiger partial charge is 0.222 e. The number of aromatic nitrogens is 2. The number of nitrogens with zero attached hydrogens (tertiary/aromatic N) is 3. The third kappa shape index (κ3) is 2.92. The van der Waals surface area contributed by atoms with Gasteiger partial charge in [0.2, 0.25) is 11.7 Å². The fourth-order valence-corrected chi connectivity index (χ4v) is 2.33. The third-order valence-electron chi connectivity index (χ3n) is 3.42. The van der Waals surface area contributed by atoms with Crippen LogP contribution in [0.1, 0.15) is 19.8 Å². The van der Waals surface area contributed by atoms with Crippen LogP contribution >= 0.6 is 0 Å². The van der Waals surface area contributed by atoms with Crippen LogP contribution in [-0.2, 0) is 4.79 Å². The minimum atomic E-state index is -0.259. The summed E-state index contributed by atoms with van der Waals surface area (Å²) in [6.45, 7) is 4.22. The standard InChI is InChI=1S/C13H21N5O2/c1-3-5-15-12-10(20-2)13(17-8-16-12)18-6-4-9(7-18)11(14)19/h8-9H,3-7H2,1-2H3,(H2,14,19)(H,15,16,17). The highest BCUT2D eigenvalue weighted by Gasteiger charge is 2.30. The van der Waals surface area contributed by atoms with E-state index in [2.05, 4.69) is 22.2 Å². The number of nitrogens with two attached hydrogens (primary N) is 1. The highest BCUT2D eigenvalue weighted by atomic mass is 16.5. The third-order valence-corrected chi connectivity index (χ3v) is 3.42. The number of rotatable bonds is 6. The lowest BCUT2D eigenvalue weighted by molar-refractivity contribution is -0.121. The molecule has 1 aromatic rings. The van der Waals surface area contributed by atoms with E-state index in [-0.39, 0.29) is 11.8 Å². The number of nitrogens with one attached hydrogen (secondary N) is 1. The van der Waals surface area contributed by atoms with Crippen molar-refractivity contribution in [3.05, 3.63) is 6.33 Å². The molecule has 1 amide bonds. The monoisotopic (exact) mass is 279 g/mol. The molecule has 1 fully saturated rings. The van der Waals surface area contributed by atoms with Crippen LogP contribution in [0.25, 0.3) is 0 Å². The number of carbonyl (C=O) groups is 1. The van der Waals surface area contributed by atoms with Crippen molar-refractivity contribution in [2.75, 3.05) is 37.0 Å². The Morgan fingerprint density at radius 3 is 3.00 bits per heavy atom. The van der Waals surface area contributed by atoms with Crippen LogP contribution in [0.2, 0.25) is 0 Å². The molecule has 1 aliphatic heterocycles. The number of ether oxygens (including phenoxy) is 1. The second-order valence-electron chi connectivity index (χ2n) is 4.84. The highest BCUT2D eigenvalue weighted by molar-refractivity contribution is 5.78. The summed E-state index contributed by atoms with van der Waals surface area (Å²) in [5.74, 6) is 1.63. The molecule has 7 nitrogen and oxygen atoms in total. The van der Waals surface area contributed by atoms with Crippen molar-refractivity contribution in [1.29, 1.82) is 0 Å². The van der Waals surface area contributed by atoms with E-state index in [1.54, 1.807) is 7.11 Å². The molecule has 20 heavy (non-hydrogen) atoms. The summed E-state index contributed by atoms with van der Waals surface area (Å²) in [7, 11) is 1.60. The maximum atomic E-state index is 11.3. The summed E-state index contributed by atoms with van der Waals surface area (Å²) < 4.78 is 5.44. The van der Waals surface area contributed by atoms with Gasteiger partial charge in [0.05, 0.1) is 13.0 Å². The summed E-state index contributed by atoms with van der Waals surface area (Å²) >= 11 is 0. The van der Waals surface area contributed by atoms with E-state index >= 15 is 0 Å². The zero-order chi connectivity index (χ0) is 14.5. The minimum Gasteiger partial charge on any atom is -0.490 e. The Hall–Kier alpha value is -2.05. The van der Waals surface area contributed by atoms with Crippen LogP contribution < -0.4 is 20.7 Å². The van der Waals surface area contributed by atoms with Crippen LogP contribution in [0.5, 0.6) is 5.75 Å². The molecule has 2 rings (SSSR count). The van der Waals surface area contributed by atoms with Crippen LogP contribution in [0.3, 0.4) is 0 Å². The molecule has 1 unspecified atom stereocenters. The second-order valence-corrected chi connectivity index (χ2v) is 4.84. The van der Waals surface area contributed by atoms with Gasteiger partial charge in [-0.05, 0) is 12.8 Å². The van der Waals surface area contributed by atoms with E-state index in [1.807, 2.05) is 4.90 Å². The van der Waals surface area contributed by atoms with Gasteiger partial charge in [-0.2, -0.15) is 0 Å². The maximum absolute atomic E-state index is 11.3. The molecule has 0 aromatic carbocycles. The number of hydrogen-bond donors (Lipinski definition) is 2. The lowest BCUT2D eigenvalue weighted by atomic mass is 10.1. The molecular formula is C13H21N5O2. The second kappa shape index (κ2) is 6.40. The van der Waals surface area contributed by atoms with E-state index in [9.17, 15) is 4.79 Å². The molecule has 3 N–H and O–H groups in total. The predicted molar refractivity (Wildman–Crippen MR) is 76.9 cm³/mol. The Morgan fingerprint density at radius 1 is 1.60 bits per heavy atom. The van der Waals surface area contributed by atoms with Gasteiger partial charge in [-0.1, -0.05) is 6.92 Å². The quantitative estimate of drug-likeness (QED) is 0.793. The fraction of sp³-hybridized carbons (Fsp3) is 0.615. The number of hydrogen-bond acceptors (Lipinski definition) is 6. The highest BCUT2D eigenvalue weighted by Crippen LogP contribution is 2.34. The van der Waals surface area contributed by atoms with E-state index in [0.29, 0.717) is 23.9 Å². The molecule has 1 aromatic heterocycles. The molecule has 2 heterocycles. The zero-order valence-corrected chi connectivity index (χ0v) is 11.9.